The molecule has 0 aliphatic heterocycles. The third kappa shape index (κ3) is 3.38. The molecule has 0 aliphatic carbocycles. The lowest BCUT2D eigenvalue weighted by atomic mass is 10.1. The predicted octanol–water partition coefficient (Wildman–Crippen LogP) is 1.94. The average Bonchev–Trinajstić information content (AvgIpc) is 2.75. The zero-order valence-corrected chi connectivity index (χ0v) is 12.9. The largest absolute Gasteiger partial charge is 0.364 e. The van der Waals surface area contributed by atoms with Gasteiger partial charge in [-0.3, -0.25) is 9.48 Å². The first-order chi connectivity index (χ1) is 9.88. The van der Waals surface area contributed by atoms with Crippen LogP contribution in [0.4, 0.5) is 11.4 Å². The van der Waals surface area contributed by atoms with Crippen LogP contribution in [-0.2, 0) is 7.05 Å². The number of nitrogens with one attached hydrogen (secondary N) is 2. The summed E-state index contributed by atoms with van der Waals surface area (Å²) in [5.41, 5.74) is 9.33. The van der Waals surface area contributed by atoms with Crippen LogP contribution in [-0.4, -0.2) is 20.8 Å². The van der Waals surface area contributed by atoms with Gasteiger partial charge in [0.25, 0.3) is 5.91 Å². The Balaban J connectivity index is 2.12. The highest BCUT2D eigenvalue weighted by molar-refractivity contribution is 7.80. The van der Waals surface area contributed by atoms with Crippen LogP contribution in [0, 0.1) is 13.8 Å². The maximum atomic E-state index is 11.4. The molecule has 1 aromatic carbocycles. The van der Waals surface area contributed by atoms with E-state index in [1.807, 2.05) is 32.0 Å². The van der Waals surface area contributed by atoms with Crippen LogP contribution in [0.25, 0.3) is 0 Å². The molecule has 0 bridgehead atoms. The van der Waals surface area contributed by atoms with Crippen LogP contribution in [0.15, 0.2) is 24.4 Å². The van der Waals surface area contributed by atoms with Crippen molar-refractivity contribution in [3.63, 3.8) is 0 Å². The van der Waals surface area contributed by atoms with Gasteiger partial charge >= 0.3 is 0 Å². The number of aryl methyl sites for hydroxylation is 3. The van der Waals surface area contributed by atoms with Crippen LogP contribution in [0.5, 0.6) is 0 Å². The lowest BCUT2D eigenvalue weighted by Gasteiger charge is -2.11. The summed E-state index contributed by atoms with van der Waals surface area (Å²) in [6.07, 6.45) is 1.51. The highest BCUT2D eigenvalue weighted by Crippen LogP contribution is 2.16. The predicted molar refractivity (Wildman–Crippen MR) is 87.5 cm³/mol. The molecule has 4 N–H and O–H groups in total. The van der Waals surface area contributed by atoms with Gasteiger partial charge in [0, 0.05) is 12.7 Å². The number of carbonyl (C=O) groups excluding carboxylic acids is 1. The SMILES string of the molecule is Cc1ccc(NC(=S)Nc2cnn(C)c2C(N)=O)cc1C. The fourth-order valence-corrected chi connectivity index (χ4v) is 2.15. The zero-order chi connectivity index (χ0) is 15.6. The van der Waals surface area contributed by atoms with Crippen LogP contribution in [0.2, 0.25) is 0 Å². The number of amides is 1. The van der Waals surface area contributed by atoms with E-state index >= 15 is 0 Å². The van der Waals surface area contributed by atoms with Crippen molar-refractivity contribution >= 4 is 34.6 Å². The molecule has 2 rings (SSSR count). The second kappa shape index (κ2) is 5.92. The molecule has 1 aromatic heterocycles. The molecule has 0 radical (unpaired) electrons. The minimum absolute atomic E-state index is 0.277. The number of hydrogen-bond donors (Lipinski definition) is 3. The van der Waals surface area contributed by atoms with E-state index in [2.05, 4.69) is 15.7 Å². The summed E-state index contributed by atoms with van der Waals surface area (Å²) in [6.45, 7) is 4.08. The molecule has 0 saturated carbocycles. The maximum absolute atomic E-state index is 11.4. The number of nitrogens with two attached hydrogens (primary N) is 1. The Labute approximate surface area is 128 Å². The number of primary amides is 1. The highest BCUT2D eigenvalue weighted by Gasteiger charge is 2.14. The van der Waals surface area contributed by atoms with Gasteiger partial charge < -0.3 is 16.4 Å². The van der Waals surface area contributed by atoms with Crippen molar-refractivity contribution in [3.8, 4) is 0 Å². The molecular weight excluding hydrogens is 286 g/mol. The topological polar surface area (TPSA) is 85.0 Å². The summed E-state index contributed by atoms with van der Waals surface area (Å²) in [4.78, 5) is 11.4. The van der Waals surface area contributed by atoms with Crippen LogP contribution < -0.4 is 16.4 Å². The first-order valence-corrected chi connectivity index (χ1v) is 6.76. The number of thiocarbonyl (C=S) groups is 1. The monoisotopic (exact) mass is 303 g/mol. The van der Waals surface area contributed by atoms with Crippen molar-refractivity contribution in [2.45, 2.75) is 13.8 Å². The summed E-state index contributed by atoms with van der Waals surface area (Å²) >= 11 is 5.24. The molecule has 2 aromatic rings. The normalized spacial score (nSPS) is 10.2. The molecule has 6 nitrogen and oxygen atoms in total. The van der Waals surface area contributed by atoms with Crippen molar-refractivity contribution in [3.05, 3.63) is 41.2 Å². The van der Waals surface area contributed by atoms with E-state index in [1.165, 1.54) is 22.0 Å². The summed E-state index contributed by atoms with van der Waals surface area (Å²) in [7, 11) is 1.64. The number of benzene rings is 1. The van der Waals surface area contributed by atoms with Crippen LogP contribution >= 0.6 is 12.2 Å². The van der Waals surface area contributed by atoms with Gasteiger partial charge in [-0.15, -0.1) is 0 Å². The third-order valence-electron chi connectivity index (χ3n) is 3.19. The molecule has 110 valence electrons. The van der Waals surface area contributed by atoms with Crippen molar-refractivity contribution in [1.29, 1.82) is 0 Å². The second-order valence-corrected chi connectivity index (χ2v) is 5.18. The fourth-order valence-electron chi connectivity index (χ4n) is 1.93. The molecule has 0 fully saturated rings. The molecule has 0 unspecified atom stereocenters. The summed E-state index contributed by atoms with van der Waals surface area (Å²) in [5.74, 6) is -0.563. The van der Waals surface area contributed by atoms with Gasteiger partial charge in [-0.05, 0) is 49.3 Å². The lowest BCUT2D eigenvalue weighted by molar-refractivity contribution is 0.0992. The van der Waals surface area contributed by atoms with Gasteiger partial charge in [0.05, 0.1) is 11.9 Å². The number of nitrogens with zero attached hydrogens (tertiary/aromatic N) is 2. The Morgan fingerprint density at radius 2 is 2.00 bits per heavy atom. The van der Waals surface area contributed by atoms with Gasteiger partial charge in [0.2, 0.25) is 0 Å². The van der Waals surface area contributed by atoms with E-state index < -0.39 is 5.91 Å². The third-order valence-corrected chi connectivity index (χ3v) is 3.39. The summed E-state index contributed by atoms with van der Waals surface area (Å²) < 4.78 is 1.41. The van der Waals surface area contributed by atoms with Gasteiger partial charge in [0.1, 0.15) is 5.69 Å². The first-order valence-electron chi connectivity index (χ1n) is 6.35. The smallest absolute Gasteiger partial charge is 0.269 e. The Kier molecular flexibility index (Phi) is 4.23. The molecule has 0 aliphatic rings. The number of aromatic nitrogens is 2. The lowest BCUT2D eigenvalue weighted by Crippen LogP contribution is -2.23. The molecule has 1 amide bonds. The van der Waals surface area contributed by atoms with Crippen molar-refractivity contribution in [1.82, 2.24) is 9.78 Å². The minimum Gasteiger partial charge on any atom is -0.364 e. The summed E-state index contributed by atoms with van der Waals surface area (Å²) in [5, 5.41) is 10.4. The Hall–Kier alpha value is -2.41. The molecular formula is C14H17N5OS. The fraction of sp³-hybridized carbons (Fsp3) is 0.214. The quantitative estimate of drug-likeness (QED) is 0.755. The number of hydrogen-bond acceptors (Lipinski definition) is 3. The van der Waals surface area contributed by atoms with Crippen LogP contribution in [0.1, 0.15) is 21.6 Å². The van der Waals surface area contributed by atoms with Gasteiger partial charge in [-0.25, -0.2) is 0 Å². The van der Waals surface area contributed by atoms with Gasteiger partial charge in [0.15, 0.2) is 5.11 Å². The van der Waals surface area contributed by atoms with E-state index in [0.29, 0.717) is 10.8 Å². The Bertz CT molecular complexity index is 707. The van der Waals surface area contributed by atoms with E-state index in [1.54, 1.807) is 7.05 Å². The Morgan fingerprint density at radius 3 is 2.62 bits per heavy atom. The van der Waals surface area contributed by atoms with Gasteiger partial charge in [-0.1, -0.05) is 6.07 Å². The van der Waals surface area contributed by atoms with E-state index in [4.69, 9.17) is 18.0 Å². The number of carbonyl (C=O) groups is 1. The maximum Gasteiger partial charge on any atom is 0.269 e. The van der Waals surface area contributed by atoms with Crippen molar-refractivity contribution in [2.75, 3.05) is 10.6 Å². The molecule has 0 atom stereocenters. The highest BCUT2D eigenvalue weighted by atomic mass is 32.1. The van der Waals surface area contributed by atoms with E-state index in [-0.39, 0.29) is 5.69 Å². The van der Waals surface area contributed by atoms with E-state index in [0.717, 1.165) is 5.69 Å². The van der Waals surface area contributed by atoms with Crippen LogP contribution in [0.3, 0.4) is 0 Å². The standard InChI is InChI=1S/C14H17N5OS/c1-8-4-5-10(6-9(8)2)17-14(21)18-11-7-16-19(3)12(11)13(15)20/h4-7H,1-3H3,(H2,15,20)(H2,17,18,21). The minimum atomic E-state index is -0.563. The summed E-state index contributed by atoms with van der Waals surface area (Å²) in [6, 6.07) is 5.95. The van der Waals surface area contributed by atoms with Gasteiger partial charge in [-0.2, -0.15) is 5.10 Å². The number of rotatable bonds is 3. The van der Waals surface area contributed by atoms with E-state index in [9.17, 15) is 4.79 Å². The number of anilines is 2. The first kappa shape index (κ1) is 15.0. The molecule has 7 heteroatoms. The Morgan fingerprint density at radius 1 is 1.29 bits per heavy atom. The van der Waals surface area contributed by atoms with Crippen molar-refractivity contribution in [2.24, 2.45) is 12.8 Å². The zero-order valence-electron chi connectivity index (χ0n) is 12.1. The molecule has 21 heavy (non-hydrogen) atoms. The molecule has 1 heterocycles. The molecule has 0 spiro atoms. The van der Waals surface area contributed by atoms with Crippen molar-refractivity contribution < 1.29 is 4.79 Å². The second-order valence-electron chi connectivity index (χ2n) is 4.77. The molecule has 0 saturated heterocycles. The average molecular weight is 303 g/mol.